The number of halogens is 1. The van der Waals surface area contributed by atoms with Gasteiger partial charge in [-0.2, -0.15) is 0 Å². The minimum absolute atomic E-state index is 0.0196. The zero-order chi connectivity index (χ0) is 15.3. The van der Waals surface area contributed by atoms with Crippen LogP contribution in [-0.2, 0) is 0 Å². The molecule has 1 N–H and O–H groups in total. The van der Waals surface area contributed by atoms with Crippen LogP contribution in [0.5, 0.6) is 0 Å². The van der Waals surface area contributed by atoms with Crippen LogP contribution >= 0.6 is 11.6 Å². The highest BCUT2D eigenvalue weighted by Gasteiger charge is 2.53. The van der Waals surface area contributed by atoms with Crippen LogP contribution in [0, 0.1) is 23.2 Å². The van der Waals surface area contributed by atoms with Crippen molar-refractivity contribution in [2.24, 2.45) is 23.2 Å². The Kier molecular flexibility index (Phi) is 3.48. The molecule has 1 aromatic carbocycles. The smallest absolute Gasteiger partial charge is 0.253 e. The summed E-state index contributed by atoms with van der Waals surface area (Å²) in [5.74, 6) is 2.71. The molecule has 0 radical (unpaired) electrons. The first kappa shape index (κ1) is 14.6. The Bertz CT molecular complexity index is 562. The second-order valence-corrected chi connectivity index (χ2v) is 8.36. The highest BCUT2D eigenvalue weighted by Crippen LogP contribution is 2.61. The first-order valence-electron chi connectivity index (χ1n) is 8.61. The highest BCUT2D eigenvalue weighted by molar-refractivity contribution is 6.33. The van der Waals surface area contributed by atoms with Gasteiger partial charge in [0.25, 0.3) is 5.91 Å². The molecule has 4 bridgehead atoms. The van der Waals surface area contributed by atoms with Crippen molar-refractivity contribution in [1.29, 1.82) is 0 Å². The number of amides is 1. The lowest BCUT2D eigenvalue weighted by Crippen LogP contribution is -2.55. The number of nitrogens with one attached hydrogen (secondary N) is 1. The second kappa shape index (κ2) is 5.26. The van der Waals surface area contributed by atoms with Crippen LogP contribution in [0.2, 0.25) is 5.02 Å². The third-order valence-corrected chi connectivity index (χ3v) is 6.80. The van der Waals surface area contributed by atoms with Crippen LogP contribution in [0.15, 0.2) is 24.3 Å². The summed E-state index contributed by atoms with van der Waals surface area (Å²) in [6.45, 7) is 2.21. The lowest BCUT2D eigenvalue weighted by Gasteiger charge is -2.59. The quantitative estimate of drug-likeness (QED) is 0.862. The molecule has 4 saturated carbocycles. The van der Waals surface area contributed by atoms with Gasteiger partial charge in [0.15, 0.2) is 0 Å². The van der Waals surface area contributed by atoms with E-state index in [1.54, 1.807) is 6.07 Å². The molecule has 0 unspecified atom stereocenters. The fraction of sp³-hybridized carbons (Fsp3) is 0.632. The summed E-state index contributed by atoms with van der Waals surface area (Å²) >= 11 is 6.16. The van der Waals surface area contributed by atoms with E-state index in [1.807, 2.05) is 18.2 Å². The Morgan fingerprint density at radius 1 is 1.14 bits per heavy atom. The summed E-state index contributed by atoms with van der Waals surface area (Å²) < 4.78 is 0. The van der Waals surface area contributed by atoms with E-state index in [9.17, 15) is 4.79 Å². The van der Waals surface area contributed by atoms with Crippen molar-refractivity contribution in [3.63, 3.8) is 0 Å². The van der Waals surface area contributed by atoms with Crippen LogP contribution in [0.4, 0.5) is 0 Å². The third kappa shape index (κ3) is 2.36. The number of carbonyl (C=O) groups is 1. The minimum atomic E-state index is -0.0196. The van der Waals surface area contributed by atoms with Crippen molar-refractivity contribution in [3.8, 4) is 0 Å². The fourth-order valence-electron chi connectivity index (χ4n) is 5.78. The summed E-state index contributed by atoms with van der Waals surface area (Å²) in [6.07, 6.45) is 8.23. The predicted octanol–water partition coefficient (Wildman–Crippen LogP) is 4.67. The van der Waals surface area contributed by atoms with E-state index < -0.39 is 0 Å². The Labute approximate surface area is 137 Å². The van der Waals surface area contributed by atoms with Gasteiger partial charge in [-0.25, -0.2) is 0 Å². The maximum atomic E-state index is 12.6. The molecule has 0 saturated heterocycles. The molecule has 22 heavy (non-hydrogen) atoms. The van der Waals surface area contributed by atoms with Crippen LogP contribution in [-0.4, -0.2) is 11.9 Å². The molecule has 4 fully saturated rings. The first-order chi connectivity index (χ1) is 10.6. The molecule has 0 aromatic heterocycles. The molecule has 1 atom stereocenters. The largest absolute Gasteiger partial charge is 0.349 e. The Morgan fingerprint density at radius 2 is 1.68 bits per heavy atom. The summed E-state index contributed by atoms with van der Waals surface area (Å²) in [5.41, 5.74) is 0.937. The highest BCUT2D eigenvalue weighted by atomic mass is 35.5. The van der Waals surface area contributed by atoms with Crippen LogP contribution in [0.25, 0.3) is 0 Å². The molecule has 2 nitrogen and oxygen atoms in total. The van der Waals surface area contributed by atoms with Gasteiger partial charge in [0.1, 0.15) is 0 Å². The van der Waals surface area contributed by atoms with E-state index >= 15 is 0 Å². The summed E-state index contributed by atoms with van der Waals surface area (Å²) in [5, 5.41) is 3.81. The maximum Gasteiger partial charge on any atom is 0.253 e. The van der Waals surface area contributed by atoms with Crippen LogP contribution in [0.3, 0.4) is 0 Å². The topological polar surface area (TPSA) is 29.1 Å². The van der Waals surface area contributed by atoms with Gasteiger partial charge in [0, 0.05) is 6.04 Å². The maximum absolute atomic E-state index is 12.6. The number of hydrogen-bond acceptors (Lipinski definition) is 1. The Hall–Kier alpha value is -1.02. The van der Waals surface area contributed by atoms with Gasteiger partial charge in [0.05, 0.1) is 10.6 Å². The van der Waals surface area contributed by atoms with Gasteiger partial charge in [-0.15, -0.1) is 0 Å². The van der Waals surface area contributed by atoms with Gasteiger partial charge in [-0.3, -0.25) is 4.79 Å². The molecular weight excluding hydrogens is 294 g/mol. The number of carbonyl (C=O) groups excluding carboxylic acids is 1. The average molecular weight is 318 g/mol. The standard InChI is InChI=1S/C19H24ClNO/c1-12(21-18(22)16-4-2-3-5-17(16)20)19-9-13-6-14(10-19)8-15(7-13)11-19/h2-5,12-15H,6-11H2,1H3,(H,21,22)/t12-,13?,14?,15?,19?/m1/s1. The molecule has 1 amide bonds. The zero-order valence-electron chi connectivity index (χ0n) is 13.1. The van der Waals surface area contributed by atoms with Gasteiger partial charge in [0.2, 0.25) is 0 Å². The fourth-order valence-corrected chi connectivity index (χ4v) is 6.00. The van der Waals surface area contributed by atoms with E-state index in [0.29, 0.717) is 16.0 Å². The predicted molar refractivity (Wildman–Crippen MR) is 89.0 cm³/mol. The first-order valence-corrected chi connectivity index (χ1v) is 8.99. The van der Waals surface area contributed by atoms with E-state index in [-0.39, 0.29) is 11.9 Å². The molecule has 3 heteroatoms. The van der Waals surface area contributed by atoms with Crippen molar-refractivity contribution in [3.05, 3.63) is 34.9 Å². The zero-order valence-corrected chi connectivity index (χ0v) is 13.9. The van der Waals surface area contributed by atoms with Crippen molar-refractivity contribution in [1.82, 2.24) is 5.32 Å². The van der Waals surface area contributed by atoms with Crippen molar-refractivity contribution < 1.29 is 4.79 Å². The lowest BCUT2D eigenvalue weighted by molar-refractivity contribution is -0.0688. The number of rotatable bonds is 3. The molecular formula is C19H24ClNO. The molecule has 0 aliphatic heterocycles. The number of benzene rings is 1. The minimum Gasteiger partial charge on any atom is -0.349 e. The normalized spacial score (nSPS) is 37.1. The van der Waals surface area contributed by atoms with Crippen molar-refractivity contribution in [2.75, 3.05) is 0 Å². The summed E-state index contributed by atoms with van der Waals surface area (Å²) in [4.78, 5) is 12.6. The SMILES string of the molecule is C[C@@H](NC(=O)c1ccccc1Cl)C12CC3CC(CC(C3)C1)C2. The molecule has 4 aliphatic rings. The third-order valence-electron chi connectivity index (χ3n) is 6.47. The number of hydrogen-bond donors (Lipinski definition) is 1. The van der Waals surface area contributed by atoms with E-state index in [4.69, 9.17) is 11.6 Å². The van der Waals surface area contributed by atoms with Crippen molar-refractivity contribution >= 4 is 17.5 Å². The van der Waals surface area contributed by atoms with E-state index in [2.05, 4.69) is 12.2 Å². The van der Waals surface area contributed by atoms with Gasteiger partial charge >= 0.3 is 0 Å². The monoisotopic (exact) mass is 317 g/mol. The summed E-state index contributed by atoms with van der Waals surface area (Å²) in [6, 6.07) is 7.57. The Morgan fingerprint density at radius 3 is 2.23 bits per heavy atom. The van der Waals surface area contributed by atoms with E-state index in [1.165, 1.54) is 38.5 Å². The average Bonchev–Trinajstić information content (AvgIpc) is 2.46. The van der Waals surface area contributed by atoms with Gasteiger partial charge in [-0.05, 0) is 80.8 Å². The molecule has 0 spiro atoms. The van der Waals surface area contributed by atoms with E-state index in [0.717, 1.165) is 17.8 Å². The molecule has 5 rings (SSSR count). The second-order valence-electron chi connectivity index (χ2n) is 7.95. The molecule has 118 valence electrons. The Balaban J connectivity index is 1.52. The van der Waals surface area contributed by atoms with Gasteiger partial charge in [-0.1, -0.05) is 23.7 Å². The van der Waals surface area contributed by atoms with Crippen molar-refractivity contribution in [2.45, 2.75) is 51.5 Å². The van der Waals surface area contributed by atoms with Crippen LogP contribution in [0.1, 0.15) is 55.8 Å². The van der Waals surface area contributed by atoms with Crippen LogP contribution < -0.4 is 5.32 Å². The summed E-state index contributed by atoms with van der Waals surface area (Å²) in [7, 11) is 0. The molecule has 1 aromatic rings. The molecule has 0 heterocycles. The van der Waals surface area contributed by atoms with Gasteiger partial charge < -0.3 is 5.32 Å². The molecule has 4 aliphatic carbocycles. The lowest BCUT2D eigenvalue weighted by atomic mass is 9.48.